The van der Waals surface area contributed by atoms with Gasteiger partial charge in [-0.1, -0.05) is 0 Å². The lowest BCUT2D eigenvalue weighted by Crippen LogP contribution is -2.32. The molecule has 0 aliphatic heterocycles. The average molecular weight is 296 g/mol. The van der Waals surface area contributed by atoms with Crippen molar-refractivity contribution in [3.63, 3.8) is 0 Å². The number of nitrogens with two attached hydrogens (primary N) is 2. The van der Waals surface area contributed by atoms with Gasteiger partial charge in [-0.15, -0.1) is 0 Å². The van der Waals surface area contributed by atoms with Crippen molar-refractivity contribution in [1.82, 2.24) is 0 Å². The minimum absolute atomic E-state index is 0.0232. The highest BCUT2D eigenvalue weighted by molar-refractivity contribution is 7.89. The molecule has 0 atom stereocenters. The van der Waals surface area contributed by atoms with E-state index in [1.165, 1.54) is 6.07 Å². The van der Waals surface area contributed by atoms with E-state index in [1.54, 1.807) is 13.0 Å². The molecule has 1 aromatic carbocycles. The second-order valence-corrected chi connectivity index (χ2v) is 6.43. The molecule has 0 radical (unpaired) electrons. The van der Waals surface area contributed by atoms with Crippen LogP contribution in [0.25, 0.3) is 0 Å². The Morgan fingerprint density at radius 2 is 2.00 bits per heavy atom. The molecule has 0 fully saturated rings. The van der Waals surface area contributed by atoms with Crippen molar-refractivity contribution in [2.45, 2.75) is 38.1 Å². The van der Waals surface area contributed by atoms with Crippen LogP contribution in [0.4, 0.5) is 11.4 Å². The Morgan fingerprint density at radius 3 is 2.45 bits per heavy atom. The van der Waals surface area contributed by atoms with Crippen molar-refractivity contribution in [3.8, 4) is 6.07 Å². The Labute approximate surface area is 120 Å². The Hall–Kier alpha value is -1.78. The molecule has 0 saturated carbocycles. The van der Waals surface area contributed by atoms with E-state index in [1.807, 2.05) is 18.7 Å². The molecule has 0 spiro atoms. The van der Waals surface area contributed by atoms with Gasteiger partial charge in [-0.2, -0.15) is 5.26 Å². The highest BCUT2D eigenvalue weighted by atomic mass is 32.2. The predicted octanol–water partition coefficient (Wildman–Crippen LogP) is 1.35. The van der Waals surface area contributed by atoms with E-state index >= 15 is 0 Å². The van der Waals surface area contributed by atoms with E-state index in [0.29, 0.717) is 29.9 Å². The number of rotatable bonds is 5. The smallest absolute Gasteiger partial charge is 0.238 e. The molecule has 4 N–H and O–H groups in total. The number of sulfonamides is 1. The molecule has 0 saturated heterocycles. The maximum absolute atomic E-state index is 11.6. The van der Waals surface area contributed by atoms with E-state index in [9.17, 15) is 8.42 Å². The molecule has 0 amide bonds. The van der Waals surface area contributed by atoms with Crippen molar-refractivity contribution in [3.05, 3.63) is 17.7 Å². The second kappa shape index (κ2) is 6.11. The molecule has 0 aliphatic carbocycles. The van der Waals surface area contributed by atoms with Gasteiger partial charge in [-0.05, 0) is 38.5 Å². The van der Waals surface area contributed by atoms with Crippen molar-refractivity contribution < 1.29 is 8.42 Å². The SMILES string of the molecule is Cc1c(N(CCC#N)C(C)C)cc(N)cc1S(N)(=O)=O. The highest BCUT2D eigenvalue weighted by Gasteiger charge is 2.20. The molecule has 0 unspecified atom stereocenters. The van der Waals surface area contributed by atoms with E-state index in [4.69, 9.17) is 16.1 Å². The van der Waals surface area contributed by atoms with Crippen LogP contribution in [0.1, 0.15) is 25.8 Å². The highest BCUT2D eigenvalue weighted by Crippen LogP contribution is 2.30. The Balaban J connectivity index is 3.43. The number of nitrogens with zero attached hydrogens (tertiary/aromatic N) is 2. The zero-order chi connectivity index (χ0) is 15.5. The van der Waals surface area contributed by atoms with Crippen LogP contribution in [-0.4, -0.2) is 21.0 Å². The summed E-state index contributed by atoms with van der Waals surface area (Å²) in [5.41, 5.74) is 7.35. The van der Waals surface area contributed by atoms with Gasteiger partial charge in [0.25, 0.3) is 0 Å². The first-order valence-electron chi connectivity index (χ1n) is 6.25. The summed E-state index contributed by atoms with van der Waals surface area (Å²) in [4.78, 5) is 1.97. The van der Waals surface area contributed by atoms with Crippen molar-refractivity contribution in [1.29, 1.82) is 5.26 Å². The second-order valence-electron chi connectivity index (χ2n) is 4.90. The molecule has 7 heteroatoms. The fraction of sp³-hybridized carbons (Fsp3) is 0.462. The predicted molar refractivity (Wildman–Crippen MR) is 79.7 cm³/mol. The topological polar surface area (TPSA) is 113 Å². The van der Waals surface area contributed by atoms with Crippen LogP contribution in [0.15, 0.2) is 17.0 Å². The third-order valence-corrected chi connectivity index (χ3v) is 4.10. The summed E-state index contributed by atoms with van der Waals surface area (Å²) >= 11 is 0. The fourth-order valence-corrected chi connectivity index (χ4v) is 2.95. The van der Waals surface area contributed by atoms with Crippen LogP contribution in [0.5, 0.6) is 0 Å². The van der Waals surface area contributed by atoms with Gasteiger partial charge >= 0.3 is 0 Å². The summed E-state index contributed by atoms with van der Waals surface area (Å²) in [6.45, 7) is 6.13. The summed E-state index contributed by atoms with van der Waals surface area (Å²) in [6.07, 6.45) is 0.344. The summed E-state index contributed by atoms with van der Waals surface area (Å²) in [5, 5.41) is 14.0. The standard InChI is InChI=1S/C13H20N4O2S/c1-9(2)17(6-4-5-14)12-7-11(15)8-13(10(12)3)20(16,18)19/h7-9H,4,6,15H2,1-3H3,(H2,16,18,19). The number of hydrogen-bond acceptors (Lipinski definition) is 5. The minimum atomic E-state index is -3.83. The van der Waals surface area contributed by atoms with Crippen LogP contribution in [0.2, 0.25) is 0 Å². The minimum Gasteiger partial charge on any atom is -0.399 e. The molecule has 0 heterocycles. The Kier molecular flexibility index (Phi) is 4.98. The van der Waals surface area contributed by atoms with Gasteiger partial charge in [0.2, 0.25) is 10.0 Å². The lowest BCUT2D eigenvalue weighted by Gasteiger charge is -2.30. The molecular formula is C13H20N4O2S. The lowest BCUT2D eigenvalue weighted by atomic mass is 10.1. The average Bonchev–Trinajstić information content (AvgIpc) is 2.31. The van der Waals surface area contributed by atoms with Gasteiger partial charge in [-0.3, -0.25) is 0 Å². The van der Waals surface area contributed by atoms with Gasteiger partial charge in [0.05, 0.1) is 17.4 Å². The largest absolute Gasteiger partial charge is 0.399 e. The number of hydrogen-bond donors (Lipinski definition) is 2. The van der Waals surface area contributed by atoms with Crippen LogP contribution in [0.3, 0.4) is 0 Å². The van der Waals surface area contributed by atoms with Gasteiger partial charge in [-0.25, -0.2) is 13.6 Å². The van der Waals surface area contributed by atoms with Crippen molar-refractivity contribution >= 4 is 21.4 Å². The van der Waals surface area contributed by atoms with Crippen molar-refractivity contribution in [2.24, 2.45) is 5.14 Å². The molecule has 6 nitrogen and oxygen atoms in total. The normalized spacial score (nSPS) is 11.4. The number of nitrogen functional groups attached to an aromatic ring is 1. The molecule has 1 rings (SSSR count). The van der Waals surface area contributed by atoms with E-state index in [0.717, 1.165) is 0 Å². The van der Waals surface area contributed by atoms with Crippen LogP contribution >= 0.6 is 0 Å². The Morgan fingerprint density at radius 1 is 1.40 bits per heavy atom. The van der Waals surface area contributed by atoms with Crippen LogP contribution < -0.4 is 15.8 Å². The Bertz CT molecular complexity index is 633. The lowest BCUT2D eigenvalue weighted by molar-refractivity contribution is 0.597. The van der Waals surface area contributed by atoms with Gasteiger partial charge in [0, 0.05) is 24.0 Å². The maximum Gasteiger partial charge on any atom is 0.238 e. The molecule has 20 heavy (non-hydrogen) atoms. The zero-order valence-electron chi connectivity index (χ0n) is 11.9. The van der Waals surface area contributed by atoms with Crippen LogP contribution in [-0.2, 0) is 10.0 Å². The third-order valence-electron chi connectivity index (χ3n) is 3.06. The van der Waals surface area contributed by atoms with E-state index < -0.39 is 10.0 Å². The first-order valence-corrected chi connectivity index (χ1v) is 7.79. The summed E-state index contributed by atoms with van der Waals surface area (Å²) in [6, 6.07) is 5.26. The molecular weight excluding hydrogens is 276 g/mol. The van der Waals surface area contributed by atoms with Gasteiger partial charge in [0.1, 0.15) is 0 Å². The van der Waals surface area contributed by atoms with Crippen molar-refractivity contribution in [2.75, 3.05) is 17.2 Å². The number of anilines is 2. The number of nitriles is 1. The first-order chi connectivity index (χ1) is 9.18. The maximum atomic E-state index is 11.6. The number of primary sulfonamides is 1. The first kappa shape index (κ1) is 16.3. The molecule has 110 valence electrons. The monoisotopic (exact) mass is 296 g/mol. The zero-order valence-corrected chi connectivity index (χ0v) is 12.7. The van der Waals surface area contributed by atoms with E-state index in [-0.39, 0.29) is 10.9 Å². The quantitative estimate of drug-likeness (QED) is 0.796. The summed E-state index contributed by atoms with van der Waals surface area (Å²) in [5.74, 6) is 0. The molecule has 1 aromatic rings. The molecule has 0 bridgehead atoms. The fourth-order valence-electron chi connectivity index (χ4n) is 2.11. The number of benzene rings is 1. The summed E-state index contributed by atoms with van der Waals surface area (Å²) in [7, 11) is -3.83. The van der Waals surface area contributed by atoms with Gasteiger partial charge in [0.15, 0.2) is 0 Å². The van der Waals surface area contributed by atoms with Gasteiger partial charge < -0.3 is 10.6 Å². The van der Waals surface area contributed by atoms with Crippen LogP contribution in [0, 0.1) is 18.3 Å². The van der Waals surface area contributed by atoms with E-state index in [2.05, 4.69) is 6.07 Å². The molecule has 0 aliphatic rings. The summed E-state index contributed by atoms with van der Waals surface area (Å²) < 4.78 is 23.2. The molecule has 0 aromatic heterocycles. The third kappa shape index (κ3) is 3.62.